The Balaban J connectivity index is 1.78. The highest BCUT2D eigenvalue weighted by Crippen LogP contribution is 2.32. The molecule has 0 atom stereocenters. The first kappa shape index (κ1) is 25.6. The van der Waals surface area contributed by atoms with Gasteiger partial charge in [0.25, 0.3) is 15.9 Å². The lowest BCUT2D eigenvalue weighted by atomic mass is 10.1. The van der Waals surface area contributed by atoms with Crippen molar-refractivity contribution < 1.29 is 22.7 Å². The van der Waals surface area contributed by atoms with E-state index in [1.54, 1.807) is 24.3 Å². The van der Waals surface area contributed by atoms with Crippen molar-refractivity contribution in [3.63, 3.8) is 0 Å². The molecule has 0 bridgehead atoms. The predicted octanol–water partition coefficient (Wildman–Crippen LogP) is 3.97. The lowest BCUT2D eigenvalue weighted by Crippen LogP contribution is -2.31. The Morgan fingerprint density at radius 2 is 1.57 bits per heavy atom. The number of aromatic nitrogens is 3. The van der Waals surface area contributed by atoms with E-state index >= 15 is 0 Å². The van der Waals surface area contributed by atoms with Gasteiger partial charge in [-0.2, -0.15) is 8.42 Å². The van der Waals surface area contributed by atoms with Crippen LogP contribution in [0.25, 0.3) is 11.4 Å². The van der Waals surface area contributed by atoms with E-state index in [2.05, 4.69) is 15.0 Å². The summed E-state index contributed by atoms with van der Waals surface area (Å²) >= 11 is 0. The molecule has 1 amide bonds. The molecular weight excluding hydrogens is 494 g/mol. The van der Waals surface area contributed by atoms with E-state index in [9.17, 15) is 13.2 Å². The summed E-state index contributed by atoms with van der Waals surface area (Å²) in [6.07, 6.45) is 0. The van der Waals surface area contributed by atoms with Gasteiger partial charge in [-0.3, -0.25) is 4.79 Å². The van der Waals surface area contributed by atoms with E-state index in [1.807, 2.05) is 37.6 Å². The van der Waals surface area contributed by atoms with E-state index < -0.39 is 21.0 Å². The van der Waals surface area contributed by atoms with Gasteiger partial charge in [0.1, 0.15) is 17.1 Å². The van der Waals surface area contributed by atoms with Crippen LogP contribution in [-0.2, 0) is 10.0 Å². The van der Waals surface area contributed by atoms with Crippen LogP contribution in [0.4, 0.5) is 5.82 Å². The van der Waals surface area contributed by atoms with Crippen molar-refractivity contribution in [2.24, 2.45) is 0 Å². The first-order chi connectivity index (χ1) is 17.6. The standard InChI is InChI=1S/C26H25N5O5S/c1-15-13-16(2)24(17(3)14-15)36-26-18(11-12-20(29-26)19-7-5-9-22(28-19)35-4)25(32)31-37(33,34)23-10-6-8-21(27)30-23/h5-14H,1-4H3,(H2,27,30)(H,31,32). The molecule has 0 spiro atoms. The number of hydrogen-bond acceptors (Lipinski definition) is 9. The molecule has 4 rings (SSSR count). The molecule has 0 aliphatic heterocycles. The third-order valence-electron chi connectivity index (χ3n) is 5.35. The van der Waals surface area contributed by atoms with Crippen molar-refractivity contribution >= 4 is 21.7 Å². The smallest absolute Gasteiger partial charge is 0.281 e. The SMILES string of the molecule is COc1cccc(-c2ccc(C(=O)NS(=O)(=O)c3cccc(N)n3)c(Oc3c(C)cc(C)cc3C)n2)n1. The highest BCUT2D eigenvalue weighted by atomic mass is 32.2. The molecule has 0 aliphatic carbocycles. The van der Waals surface area contributed by atoms with Crippen molar-refractivity contribution in [1.82, 2.24) is 19.7 Å². The van der Waals surface area contributed by atoms with Crippen LogP contribution in [0.1, 0.15) is 27.0 Å². The largest absolute Gasteiger partial charge is 0.481 e. The maximum absolute atomic E-state index is 13.2. The number of ether oxygens (including phenoxy) is 2. The number of amides is 1. The molecule has 0 radical (unpaired) electrons. The van der Waals surface area contributed by atoms with Crippen LogP contribution >= 0.6 is 0 Å². The number of benzene rings is 1. The maximum Gasteiger partial charge on any atom is 0.281 e. The highest BCUT2D eigenvalue weighted by Gasteiger charge is 2.25. The number of nitrogens with two attached hydrogens (primary N) is 1. The zero-order valence-electron chi connectivity index (χ0n) is 20.6. The minimum atomic E-state index is -4.32. The summed E-state index contributed by atoms with van der Waals surface area (Å²) in [5.74, 6) is -0.149. The lowest BCUT2D eigenvalue weighted by Gasteiger charge is -2.16. The average molecular weight is 520 g/mol. The Bertz CT molecular complexity index is 1580. The minimum Gasteiger partial charge on any atom is -0.481 e. The molecule has 3 heterocycles. The zero-order chi connectivity index (χ0) is 26.7. The topological polar surface area (TPSA) is 146 Å². The van der Waals surface area contributed by atoms with Crippen LogP contribution in [0.15, 0.2) is 65.7 Å². The number of aryl methyl sites for hydroxylation is 3. The molecule has 10 nitrogen and oxygen atoms in total. The Labute approximate surface area is 214 Å². The van der Waals surface area contributed by atoms with Crippen LogP contribution in [0, 0.1) is 20.8 Å². The van der Waals surface area contributed by atoms with Gasteiger partial charge in [0, 0.05) is 6.07 Å². The molecule has 0 fully saturated rings. The fourth-order valence-corrected chi connectivity index (χ4v) is 4.68. The number of methoxy groups -OCH3 is 1. The first-order valence-electron chi connectivity index (χ1n) is 11.2. The van der Waals surface area contributed by atoms with Gasteiger partial charge in [-0.05, 0) is 62.2 Å². The fraction of sp³-hybridized carbons (Fsp3) is 0.154. The molecule has 3 aromatic heterocycles. The third-order valence-corrected chi connectivity index (χ3v) is 6.58. The number of carbonyl (C=O) groups is 1. The van der Waals surface area contributed by atoms with Crippen LogP contribution in [0.2, 0.25) is 0 Å². The van der Waals surface area contributed by atoms with Crippen molar-refractivity contribution in [3.8, 4) is 28.9 Å². The monoisotopic (exact) mass is 519 g/mol. The van der Waals surface area contributed by atoms with Crippen molar-refractivity contribution in [2.75, 3.05) is 12.8 Å². The first-order valence-corrected chi connectivity index (χ1v) is 12.6. The number of nitrogens with zero attached hydrogens (tertiary/aromatic N) is 3. The number of rotatable bonds is 7. The van der Waals surface area contributed by atoms with Gasteiger partial charge < -0.3 is 15.2 Å². The van der Waals surface area contributed by atoms with Crippen molar-refractivity contribution in [1.29, 1.82) is 0 Å². The van der Waals surface area contributed by atoms with Crippen molar-refractivity contribution in [2.45, 2.75) is 25.8 Å². The Morgan fingerprint density at radius 1 is 0.892 bits per heavy atom. The van der Waals surface area contributed by atoms with Gasteiger partial charge >= 0.3 is 0 Å². The van der Waals surface area contributed by atoms with E-state index in [4.69, 9.17) is 15.2 Å². The summed E-state index contributed by atoms with van der Waals surface area (Å²) in [7, 11) is -2.82. The molecule has 11 heteroatoms. The number of nitrogen functional groups attached to an aromatic ring is 1. The summed E-state index contributed by atoms with van der Waals surface area (Å²) in [5, 5.41) is -0.390. The van der Waals surface area contributed by atoms with Crippen LogP contribution < -0.4 is 19.9 Å². The number of pyridine rings is 3. The second-order valence-corrected chi connectivity index (χ2v) is 9.91. The van der Waals surface area contributed by atoms with Gasteiger partial charge in [0.15, 0.2) is 5.03 Å². The van der Waals surface area contributed by atoms with Gasteiger partial charge in [-0.1, -0.05) is 29.8 Å². The van der Waals surface area contributed by atoms with Crippen LogP contribution in [-0.4, -0.2) is 36.4 Å². The molecular formula is C26H25N5O5S. The maximum atomic E-state index is 13.2. The molecule has 37 heavy (non-hydrogen) atoms. The van der Waals surface area contributed by atoms with Gasteiger partial charge in [-0.25, -0.2) is 19.7 Å². The number of hydrogen-bond donors (Lipinski definition) is 2. The van der Waals surface area contributed by atoms with E-state index in [-0.39, 0.29) is 17.3 Å². The Kier molecular flexibility index (Phi) is 7.07. The van der Waals surface area contributed by atoms with E-state index in [0.717, 1.165) is 16.7 Å². The molecule has 3 N–H and O–H groups in total. The second kappa shape index (κ2) is 10.2. The van der Waals surface area contributed by atoms with E-state index in [1.165, 1.54) is 31.4 Å². The summed E-state index contributed by atoms with van der Waals surface area (Å²) in [5.41, 5.74) is 9.08. The zero-order valence-corrected chi connectivity index (χ0v) is 21.5. The summed E-state index contributed by atoms with van der Waals surface area (Å²) < 4.78 is 39.0. The van der Waals surface area contributed by atoms with Gasteiger partial charge in [0.2, 0.25) is 11.8 Å². The highest BCUT2D eigenvalue weighted by molar-refractivity contribution is 7.90. The molecule has 1 aromatic carbocycles. The predicted molar refractivity (Wildman–Crippen MR) is 138 cm³/mol. The Hall–Kier alpha value is -4.51. The molecule has 0 saturated heterocycles. The average Bonchev–Trinajstić information content (AvgIpc) is 2.86. The number of anilines is 1. The summed E-state index contributed by atoms with van der Waals surface area (Å²) in [4.78, 5) is 25.9. The van der Waals surface area contributed by atoms with Gasteiger partial charge in [0.05, 0.1) is 18.5 Å². The molecule has 0 saturated carbocycles. The summed E-state index contributed by atoms with van der Waals surface area (Å²) in [6, 6.07) is 16.1. The summed E-state index contributed by atoms with van der Waals surface area (Å²) in [6.45, 7) is 5.71. The van der Waals surface area contributed by atoms with E-state index in [0.29, 0.717) is 23.0 Å². The molecule has 0 unspecified atom stereocenters. The van der Waals surface area contributed by atoms with Crippen LogP contribution in [0.5, 0.6) is 17.5 Å². The normalized spacial score (nSPS) is 11.1. The molecule has 190 valence electrons. The number of carbonyl (C=O) groups excluding carboxylic acids is 1. The van der Waals surface area contributed by atoms with Crippen LogP contribution in [0.3, 0.4) is 0 Å². The van der Waals surface area contributed by atoms with Crippen molar-refractivity contribution in [3.05, 3.63) is 82.9 Å². The second-order valence-electron chi connectivity index (χ2n) is 8.28. The fourth-order valence-electron chi connectivity index (χ4n) is 3.74. The molecule has 4 aromatic rings. The lowest BCUT2D eigenvalue weighted by molar-refractivity contribution is 0.0978. The molecule has 0 aliphatic rings. The number of sulfonamides is 1. The number of nitrogens with one attached hydrogen (secondary N) is 1. The minimum absolute atomic E-state index is 0.00137. The third kappa shape index (κ3) is 5.67. The Morgan fingerprint density at radius 3 is 2.24 bits per heavy atom. The van der Waals surface area contributed by atoms with Gasteiger partial charge in [-0.15, -0.1) is 0 Å². The quantitative estimate of drug-likeness (QED) is 0.370.